The molecule has 0 saturated heterocycles. The fraction of sp³-hybridized carbons (Fsp3) is 0.303. The predicted molar refractivity (Wildman–Crippen MR) is 188 cm³/mol. The highest BCUT2D eigenvalue weighted by atomic mass is 79.9. The van der Waals surface area contributed by atoms with Gasteiger partial charge in [0.2, 0.25) is 21.7 Å². The number of sulfonamides is 1. The molecule has 5 aromatic rings. The van der Waals surface area contributed by atoms with Crippen LogP contribution in [0.15, 0.2) is 84.0 Å². The van der Waals surface area contributed by atoms with Crippen molar-refractivity contribution >= 4 is 37.9 Å². The number of nitrogens with one attached hydrogen (secondary N) is 2. The predicted octanol–water partition coefficient (Wildman–Crippen LogP) is 5.12. The van der Waals surface area contributed by atoms with Gasteiger partial charge in [0.05, 0.1) is 29.3 Å². The molecule has 5 rings (SSSR count). The molecule has 0 saturated carbocycles. The number of methoxy groups -OCH3 is 2. The van der Waals surface area contributed by atoms with Gasteiger partial charge in [0, 0.05) is 36.8 Å². The van der Waals surface area contributed by atoms with Crippen LogP contribution in [-0.2, 0) is 27.9 Å². The average Bonchev–Trinajstić information content (AvgIpc) is 3.73. The number of hydrogen-bond acceptors (Lipinski definition) is 13. The zero-order valence-electron chi connectivity index (χ0n) is 28.7. The van der Waals surface area contributed by atoms with Crippen molar-refractivity contribution in [3.8, 4) is 28.7 Å². The highest BCUT2D eigenvalue weighted by Crippen LogP contribution is 2.29. The summed E-state index contributed by atoms with van der Waals surface area (Å²) >= 11 is 3.10. The Morgan fingerprint density at radius 3 is 2.38 bits per heavy atom. The number of carbonyl (C=O) groups is 1. The number of rotatable bonds is 14. The van der Waals surface area contributed by atoms with Gasteiger partial charge in [-0.2, -0.15) is 4.31 Å². The van der Waals surface area contributed by atoms with Gasteiger partial charge in [0.25, 0.3) is 0 Å². The lowest BCUT2D eigenvalue weighted by atomic mass is 10.1. The van der Waals surface area contributed by atoms with Crippen LogP contribution in [0.25, 0.3) is 17.2 Å². The van der Waals surface area contributed by atoms with Gasteiger partial charge in [-0.15, -0.1) is 0 Å². The van der Waals surface area contributed by atoms with Crippen molar-refractivity contribution in [3.63, 3.8) is 0 Å². The Balaban J connectivity index is 1.44. The molecule has 0 aliphatic heterocycles. The number of benzene rings is 3. The number of amides is 1. The molecule has 0 radical (unpaired) electrons. The van der Waals surface area contributed by atoms with E-state index in [4.69, 9.17) is 23.4 Å². The highest BCUT2D eigenvalue weighted by Gasteiger charge is 2.30. The molecular formula is C33H35BrFN7O9S. The summed E-state index contributed by atoms with van der Waals surface area (Å²) < 4.78 is 71.1. The summed E-state index contributed by atoms with van der Waals surface area (Å²) in [4.78, 5) is 25.0. The third kappa shape index (κ3) is 8.96. The highest BCUT2D eigenvalue weighted by molar-refractivity contribution is 9.10. The van der Waals surface area contributed by atoms with Crippen LogP contribution in [0.2, 0.25) is 0 Å². The molecule has 2 N–H and O–H groups in total. The normalized spacial score (nSPS) is 11.8. The molecule has 2 heterocycles. The van der Waals surface area contributed by atoms with Crippen LogP contribution in [0, 0.1) is 5.82 Å². The zero-order chi connectivity index (χ0) is 37.6. The van der Waals surface area contributed by atoms with Crippen molar-refractivity contribution in [1.82, 2.24) is 29.7 Å². The van der Waals surface area contributed by atoms with E-state index in [1.165, 1.54) is 42.8 Å². The first-order chi connectivity index (χ1) is 24.7. The van der Waals surface area contributed by atoms with Gasteiger partial charge in [-0.05, 0) is 89.0 Å². The molecule has 276 valence electrons. The summed E-state index contributed by atoms with van der Waals surface area (Å²) in [5.74, 6) is -0.654. The SMILES string of the molecule is COc1ccc(CN(CCNc2nonc2-c2noc(=O)n2-c2ccc(F)c(Br)c2)S(=O)(=O)c2cc(OC)ccc2COC(=O)NC(C)(C)C)cc1. The lowest BCUT2D eigenvalue weighted by molar-refractivity contribution is 0.130. The van der Waals surface area contributed by atoms with Crippen molar-refractivity contribution in [1.29, 1.82) is 0 Å². The van der Waals surface area contributed by atoms with Gasteiger partial charge in [-0.1, -0.05) is 23.4 Å². The molecule has 0 aliphatic rings. The maximum atomic E-state index is 14.5. The van der Waals surface area contributed by atoms with Crippen LogP contribution < -0.4 is 25.9 Å². The van der Waals surface area contributed by atoms with Crippen molar-refractivity contribution < 1.29 is 41.0 Å². The Morgan fingerprint density at radius 1 is 1.00 bits per heavy atom. The molecule has 52 heavy (non-hydrogen) atoms. The van der Waals surface area contributed by atoms with Gasteiger partial charge in [-0.3, -0.25) is 4.52 Å². The van der Waals surface area contributed by atoms with Gasteiger partial charge in [0.1, 0.15) is 23.9 Å². The monoisotopic (exact) mass is 803 g/mol. The first kappa shape index (κ1) is 38.0. The Kier molecular flexibility index (Phi) is 11.7. The summed E-state index contributed by atoms with van der Waals surface area (Å²) in [5, 5.41) is 17.2. The maximum Gasteiger partial charge on any atom is 0.446 e. The minimum Gasteiger partial charge on any atom is -0.497 e. The molecule has 3 aromatic carbocycles. The second kappa shape index (κ2) is 16.0. The third-order valence-electron chi connectivity index (χ3n) is 7.37. The maximum absolute atomic E-state index is 14.5. The van der Waals surface area contributed by atoms with Crippen molar-refractivity contribution in [2.75, 3.05) is 32.6 Å². The van der Waals surface area contributed by atoms with Crippen LogP contribution in [0.4, 0.5) is 15.0 Å². The number of carbonyl (C=O) groups excluding carboxylic acids is 1. The third-order valence-corrected chi connectivity index (χ3v) is 9.90. The summed E-state index contributed by atoms with van der Waals surface area (Å²) in [6, 6.07) is 15.2. The Morgan fingerprint density at radius 2 is 1.71 bits per heavy atom. The van der Waals surface area contributed by atoms with E-state index in [-0.39, 0.29) is 69.9 Å². The van der Waals surface area contributed by atoms with Gasteiger partial charge >= 0.3 is 11.8 Å². The summed E-state index contributed by atoms with van der Waals surface area (Å²) in [6.45, 7) is 4.79. The van der Waals surface area contributed by atoms with Crippen LogP contribution in [0.3, 0.4) is 0 Å². The average molecular weight is 805 g/mol. The first-order valence-electron chi connectivity index (χ1n) is 15.6. The van der Waals surface area contributed by atoms with Gasteiger partial charge in [-0.25, -0.2) is 31.6 Å². The number of aromatic nitrogens is 4. The number of halogens is 2. The van der Waals surface area contributed by atoms with E-state index >= 15 is 0 Å². The number of hydrogen-bond donors (Lipinski definition) is 2. The van der Waals surface area contributed by atoms with E-state index in [0.717, 1.165) is 10.6 Å². The molecule has 0 spiro atoms. The summed E-state index contributed by atoms with van der Waals surface area (Å²) in [5.41, 5.74) is 0.481. The standard InChI is InChI=1S/C33H35BrFN7O9S/c1-33(2,3)37-31(43)49-19-21-8-12-24(48-5)17-27(21)52(45,46)41(18-20-6-10-23(47-4)11-7-20)15-14-36-29-28(38-51-39-29)30-40-50-32(44)42(30)22-9-13-26(35)25(34)16-22/h6-13,16-17H,14-15,18-19H2,1-5H3,(H,36,39)(H,37,43). The molecule has 2 aromatic heterocycles. The summed E-state index contributed by atoms with van der Waals surface area (Å²) in [7, 11) is -1.38. The molecule has 0 fully saturated rings. The number of nitrogens with zero attached hydrogens (tertiary/aromatic N) is 5. The van der Waals surface area contributed by atoms with E-state index in [0.29, 0.717) is 11.3 Å². The molecular weight excluding hydrogens is 769 g/mol. The van der Waals surface area contributed by atoms with E-state index in [1.54, 1.807) is 51.1 Å². The molecule has 0 unspecified atom stereocenters. The van der Waals surface area contributed by atoms with E-state index in [9.17, 15) is 22.4 Å². The fourth-order valence-corrected chi connectivity index (χ4v) is 6.89. The van der Waals surface area contributed by atoms with Crippen molar-refractivity contribution in [2.24, 2.45) is 0 Å². The molecule has 0 bridgehead atoms. The first-order valence-corrected chi connectivity index (χ1v) is 17.8. The fourth-order valence-electron chi connectivity index (χ4n) is 4.87. The van der Waals surface area contributed by atoms with Crippen LogP contribution >= 0.6 is 15.9 Å². The lowest BCUT2D eigenvalue weighted by Gasteiger charge is -2.25. The number of anilines is 1. The molecule has 1 amide bonds. The van der Waals surface area contributed by atoms with Gasteiger partial charge < -0.3 is 24.8 Å². The Bertz CT molecular complexity index is 2200. The lowest BCUT2D eigenvalue weighted by Crippen LogP contribution is -2.41. The second-order valence-electron chi connectivity index (χ2n) is 12.2. The topological polar surface area (TPSA) is 193 Å². The minimum atomic E-state index is -4.31. The number of alkyl carbamates (subject to hydrolysis) is 1. The van der Waals surface area contributed by atoms with Crippen LogP contribution in [-0.4, -0.2) is 71.7 Å². The number of ether oxygens (including phenoxy) is 3. The quantitative estimate of drug-likeness (QED) is 0.150. The molecule has 16 nitrogen and oxygen atoms in total. The second-order valence-corrected chi connectivity index (χ2v) is 15.0. The smallest absolute Gasteiger partial charge is 0.446 e. The van der Waals surface area contributed by atoms with Crippen LogP contribution in [0.1, 0.15) is 31.9 Å². The van der Waals surface area contributed by atoms with E-state index in [1.807, 2.05) is 0 Å². The largest absolute Gasteiger partial charge is 0.497 e. The van der Waals surface area contributed by atoms with Crippen molar-refractivity contribution in [3.05, 3.63) is 92.6 Å². The van der Waals surface area contributed by atoms with Crippen molar-refractivity contribution in [2.45, 2.75) is 44.4 Å². The molecule has 19 heteroatoms. The van der Waals surface area contributed by atoms with Gasteiger partial charge in [0.15, 0.2) is 5.69 Å². The Labute approximate surface area is 306 Å². The summed E-state index contributed by atoms with van der Waals surface area (Å²) in [6.07, 6.45) is -0.715. The molecule has 0 aliphatic carbocycles. The molecule has 0 atom stereocenters. The Hall–Kier alpha value is -5.27. The van der Waals surface area contributed by atoms with E-state index in [2.05, 4.69) is 42.0 Å². The minimum absolute atomic E-state index is 0.0188. The van der Waals surface area contributed by atoms with Crippen LogP contribution in [0.5, 0.6) is 11.5 Å². The van der Waals surface area contributed by atoms with E-state index < -0.39 is 33.2 Å². The zero-order valence-corrected chi connectivity index (χ0v) is 31.1.